The molecule has 0 fully saturated rings. The van der Waals surface area contributed by atoms with Crippen LogP contribution in [-0.4, -0.2) is 19.3 Å². The van der Waals surface area contributed by atoms with Crippen molar-refractivity contribution in [3.05, 3.63) is 44.6 Å². The molecule has 19 heavy (non-hydrogen) atoms. The van der Waals surface area contributed by atoms with Gasteiger partial charge in [0.05, 0.1) is 18.6 Å². The Labute approximate surface area is 121 Å². The van der Waals surface area contributed by atoms with Crippen molar-refractivity contribution in [2.45, 2.75) is 13.0 Å². The highest BCUT2D eigenvalue weighted by Crippen LogP contribution is 2.36. The van der Waals surface area contributed by atoms with Crippen molar-refractivity contribution in [1.29, 1.82) is 0 Å². The van der Waals surface area contributed by atoms with Crippen LogP contribution in [0.1, 0.15) is 22.1 Å². The molecule has 0 radical (unpaired) electrons. The number of rotatable bonds is 4. The second kappa shape index (κ2) is 5.82. The average Bonchev–Trinajstić information content (AvgIpc) is 2.77. The lowest BCUT2D eigenvalue weighted by molar-refractivity contribution is 0.223. The van der Waals surface area contributed by atoms with Crippen LogP contribution in [0.3, 0.4) is 0 Å². The first-order chi connectivity index (χ1) is 9.05. The minimum Gasteiger partial charge on any atom is -0.497 e. The quantitative estimate of drug-likeness (QED) is 0.933. The third-order valence-corrected chi connectivity index (χ3v) is 4.44. The molecule has 0 aliphatic rings. The van der Waals surface area contributed by atoms with E-state index in [1.165, 1.54) is 11.3 Å². The minimum atomic E-state index is -0.736. The van der Waals surface area contributed by atoms with Gasteiger partial charge in [-0.15, -0.1) is 11.3 Å². The van der Waals surface area contributed by atoms with Crippen LogP contribution in [0.4, 0.5) is 0 Å². The van der Waals surface area contributed by atoms with E-state index < -0.39 is 6.10 Å². The fraction of sp³-hybridized carbons (Fsp3) is 0.286. The fourth-order valence-electron chi connectivity index (χ4n) is 1.77. The van der Waals surface area contributed by atoms with E-state index in [-0.39, 0.29) is 0 Å². The van der Waals surface area contributed by atoms with Gasteiger partial charge in [-0.2, -0.15) is 0 Å². The molecule has 1 unspecified atom stereocenters. The molecule has 1 heterocycles. The molecule has 0 saturated carbocycles. The molecule has 5 heteroatoms. The number of aliphatic hydroxyl groups excluding tert-OH is 1. The van der Waals surface area contributed by atoms with Crippen LogP contribution in [0.15, 0.2) is 24.3 Å². The molecular formula is C14H15ClO3S. The maximum atomic E-state index is 10.4. The predicted molar refractivity (Wildman–Crippen MR) is 77.7 cm³/mol. The third kappa shape index (κ3) is 3.03. The molecular weight excluding hydrogens is 284 g/mol. The summed E-state index contributed by atoms with van der Waals surface area (Å²) in [5.41, 5.74) is 1.68. The maximum absolute atomic E-state index is 10.4. The third-order valence-electron chi connectivity index (χ3n) is 2.84. The second-order valence-corrected chi connectivity index (χ2v) is 5.84. The monoisotopic (exact) mass is 298 g/mol. The average molecular weight is 299 g/mol. The molecule has 3 nitrogen and oxygen atoms in total. The van der Waals surface area contributed by atoms with Gasteiger partial charge >= 0.3 is 0 Å². The zero-order valence-electron chi connectivity index (χ0n) is 10.9. The Kier molecular flexibility index (Phi) is 4.34. The van der Waals surface area contributed by atoms with Crippen molar-refractivity contribution in [3.63, 3.8) is 0 Å². The highest BCUT2D eigenvalue weighted by Gasteiger charge is 2.16. The van der Waals surface area contributed by atoms with E-state index in [1.54, 1.807) is 32.4 Å². The lowest BCUT2D eigenvalue weighted by Crippen LogP contribution is -1.99. The van der Waals surface area contributed by atoms with Gasteiger partial charge in [-0.05, 0) is 36.2 Å². The van der Waals surface area contributed by atoms with Crippen molar-refractivity contribution in [1.82, 2.24) is 0 Å². The molecule has 0 aliphatic carbocycles. The topological polar surface area (TPSA) is 38.7 Å². The number of aryl methyl sites for hydroxylation is 1. The van der Waals surface area contributed by atoms with Gasteiger partial charge in [-0.1, -0.05) is 11.6 Å². The van der Waals surface area contributed by atoms with Gasteiger partial charge in [0.2, 0.25) is 0 Å². The normalized spacial score (nSPS) is 12.3. The highest BCUT2D eigenvalue weighted by atomic mass is 35.5. The second-order valence-electron chi connectivity index (χ2n) is 4.15. The SMILES string of the molecule is COc1cc(OC)cc(C(O)c2cc(C)c(Cl)s2)c1. The fourth-order valence-corrected chi connectivity index (χ4v) is 3.00. The Morgan fingerprint density at radius 3 is 2.11 bits per heavy atom. The van der Waals surface area contributed by atoms with Crippen molar-refractivity contribution >= 4 is 22.9 Å². The summed E-state index contributed by atoms with van der Waals surface area (Å²) >= 11 is 7.41. The first-order valence-corrected chi connectivity index (χ1v) is 6.91. The summed E-state index contributed by atoms with van der Waals surface area (Å²) in [7, 11) is 3.16. The Bertz CT molecular complexity index is 538. The van der Waals surface area contributed by atoms with Gasteiger partial charge < -0.3 is 14.6 Å². The number of methoxy groups -OCH3 is 2. The molecule has 1 aromatic carbocycles. The Hall–Kier alpha value is -1.23. The lowest BCUT2D eigenvalue weighted by Gasteiger charge is -2.12. The van der Waals surface area contributed by atoms with Crippen molar-refractivity contribution in [3.8, 4) is 11.5 Å². The smallest absolute Gasteiger partial charge is 0.122 e. The predicted octanol–water partition coefficient (Wildman–Crippen LogP) is 3.81. The maximum Gasteiger partial charge on any atom is 0.122 e. The number of ether oxygens (including phenoxy) is 2. The molecule has 0 saturated heterocycles. The van der Waals surface area contributed by atoms with Gasteiger partial charge in [-0.25, -0.2) is 0 Å². The van der Waals surface area contributed by atoms with Crippen molar-refractivity contribution < 1.29 is 14.6 Å². The van der Waals surface area contributed by atoms with E-state index in [1.807, 2.05) is 13.0 Å². The molecule has 2 rings (SSSR count). The van der Waals surface area contributed by atoms with Crippen molar-refractivity contribution in [2.24, 2.45) is 0 Å². The van der Waals surface area contributed by atoms with Gasteiger partial charge in [0.1, 0.15) is 17.6 Å². The molecule has 2 aromatic rings. The van der Waals surface area contributed by atoms with Crippen LogP contribution in [0.25, 0.3) is 0 Å². The highest BCUT2D eigenvalue weighted by molar-refractivity contribution is 7.16. The molecule has 1 aromatic heterocycles. The van der Waals surface area contributed by atoms with E-state index in [4.69, 9.17) is 21.1 Å². The summed E-state index contributed by atoms with van der Waals surface area (Å²) < 4.78 is 11.1. The van der Waals surface area contributed by atoms with Crippen LogP contribution in [0.2, 0.25) is 4.34 Å². The number of thiophene rings is 1. The van der Waals surface area contributed by atoms with Crippen LogP contribution in [-0.2, 0) is 0 Å². The minimum absolute atomic E-state index is 0.646. The largest absolute Gasteiger partial charge is 0.497 e. The van der Waals surface area contributed by atoms with Gasteiger partial charge in [0.15, 0.2) is 0 Å². The first-order valence-electron chi connectivity index (χ1n) is 5.72. The molecule has 102 valence electrons. The molecule has 0 bridgehead atoms. The molecule has 1 atom stereocenters. The van der Waals surface area contributed by atoms with E-state index in [0.29, 0.717) is 21.4 Å². The lowest BCUT2D eigenvalue weighted by atomic mass is 10.1. The molecule has 0 spiro atoms. The zero-order chi connectivity index (χ0) is 14.0. The van der Waals surface area contributed by atoms with E-state index in [2.05, 4.69) is 0 Å². The number of hydrogen-bond donors (Lipinski definition) is 1. The summed E-state index contributed by atoms with van der Waals surface area (Å²) in [5, 5.41) is 10.4. The summed E-state index contributed by atoms with van der Waals surface area (Å²) in [6, 6.07) is 7.23. The van der Waals surface area contributed by atoms with E-state index >= 15 is 0 Å². The van der Waals surface area contributed by atoms with Gasteiger partial charge in [0.25, 0.3) is 0 Å². The molecule has 0 aliphatic heterocycles. The molecule has 1 N–H and O–H groups in total. The van der Waals surface area contributed by atoms with Gasteiger partial charge in [-0.3, -0.25) is 0 Å². The van der Waals surface area contributed by atoms with Crippen LogP contribution in [0.5, 0.6) is 11.5 Å². The zero-order valence-corrected chi connectivity index (χ0v) is 12.5. The number of benzene rings is 1. The summed E-state index contributed by atoms with van der Waals surface area (Å²) in [4.78, 5) is 0.804. The van der Waals surface area contributed by atoms with E-state index in [0.717, 1.165) is 10.4 Å². The summed E-state index contributed by atoms with van der Waals surface area (Å²) in [6.45, 7) is 1.92. The standard InChI is InChI=1S/C14H15ClO3S/c1-8-4-12(19-14(8)15)13(16)9-5-10(17-2)7-11(6-9)18-3/h4-7,13,16H,1-3H3. The Morgan fingerprint density at radius 1 is 1.11 bits per heavy atom. The van der Waals surface area contributed by atoms with Crippen molar-refractivity contribution in [2.75, 3.05) is 14.2 Å². The van der Waals surface area contributed by atoms with Gasteiger partial charge in [0, 0.05) is 10.9 Å². The Balaban J connectivity index is 2.39. The first kappa shape index (κ1) is 14.2. The summed E-state index contributed by atoms with van der Waals surface area (Å²) in [5.74, 6) is 1.29. The Morgan fingerprint density at radius 2 is 1.68 bits per heavy atom. The summed E-state index contributed by atoms with van der Waals surface area (Å²) in [6.07, 6.45) is -0.736. The van der Waals surface area contributed by atoms with Crippen LogP contribution in [0, 0.1) is 6.92 Å². The number of aliphatic hydroxyl groups is 1. The van der Waals surface area contributed by atoms with E-state index in [9.17, 15) is 5.11 Å². The number of halogens is 1. The number of hydrogen-bond acceptors (Lipinski definition) is 4. The van der Waals surface area contributed by atoms with Crippen LogP contribution < -0.4 is 9.47 Å². The molecule has 0 amide bonds. The van der Waals surface area contributed by atoms with Crippen LogP contribution >= 0.6 is 22.9 Å².